The summed E-state index contributed by atoms with van der Waals surface area (Å²) >= 11 is 7.23. The molecule has 0 radical (unpaired) electrons. The smallest absolute Gasteiger partial charge is 0.188 e. The monoisotopic (exact) mass is 503 g/mol. The molecule has 0 saturated heterocycles. The molecule has 2 aromatic carbocycles. The molecule has 0 spiro atoms. The zero-order valence-corrected chi connectivity index (χ0v) is 21.5. The van der Waals surface area contributed by atoms with Gasteiger partial charge in [-0.05, 0) is 55.9 Å². The predicted octanol–water partition coefficient (Wildman–Crippen LogP) is 7.19. The molecule has 3 nitrogen and oxygen atoms in total. The lowest BCUT2D eigenvalue weighted by molar-refractivity contribution is -0.114. The standard InChI is InChI=1S/C18H18BrNO.C8H16OS/c1-13(15-8-10-17(19)11-9-15)12-20-14(2)18(21)16-6-4-3-5-7-16;1-4-7(8(9)10)5-6(2)3/h3-12,14,20H,1-2H3;6-7H,4-5H2,1-3H3,(H,9,10)/b13-12+;/t;7-/m.0/s1. The normalized spacial score (nSPS) is 13.1. The summed E-state index contributed by atoms with van der Waals surface area (Å²) in [4.78, 5) is 23.0. The lowest BCUT2D eigenvalue weighted by Gasteiger charge is -2.12. The third kappa shape index (κ3) is 10.3. The SMILES string of the molecule is C/C(=C\NC(C)C(=O)c1ccccc1)c1ccc(Br)cc1.CC[C@@H](CC(C)C)C(=O)S. The van der Waals surface area contributed by atoms with Gasteiger partial charge in [0.15, 0.2) is 10.9 Å². The van der Waals surface area contributed by atoms with Gasteiger partial charge in [0.2, 0.25) is 0 Å². The molecule has 31 heavy (non-hydrogen) atoms. The number of carbonyl (C=O) groups is 2. The number of halogens is 1. The molecule has 2 rings (SSSR count). The molecule has 0 bridgehead atoms. The first-order chi connectivity index (χ1) is 14.6. The summed E-state index contributed by atoms with van der Waals surface area (Å²) < 4.78 is 1.06. The number of rotatable bonds is 9. The van der Waals surface area contributed by atoms with E-state index in [0.717, 1.165) is 34.0 Å². The number of thiol groups is 1. The summed E-state index contributed by atoms with van der Waals surface area (Å²) in [6, 6.07) is 17.2. The summed E-state index contributed by atoms with van der Waals surface area (Å²) in [5, 5.41) is 3.21. The number of Topliss-reactive ketones (excluding diaryl/α,β-unsaturated/α-hetero) is 1. The van der Waals surface area contributed by atoms with Crippen LogP contribution in [0.5, 0.6) is 0 Å². The van der Waals surface area contributed by atoms with Gasteiger partial charge in [-0.1, -0.05) is 79.2 Å². The minimum absolute atomic E-state index is 0.0381. The van der Waals surface area contributed by atoms with Crippen molar-refractivity contribution >= 4 is 45.0 Å². The Morgan fingerprint density at radius 3 is 2.03 bits per heavy atom. The Labute approximate surface area is 201 Å². The van der Waals surface area contributed by atoms with Gasteiger partial charge >= 0.3 is 0 Å². The molecule has 0 heterocycles. The molecule has 0 aliphatic carbocycles. The third-order valence-electron chi connectivity index (χ3n) is 4.90. The molecule has 0 aromatic heterocycles. The maximum atomic E-state index is 12.2. The van der Waals surface area contributed by atoms with Crippen LogP contribution in [0.1, 0.15) is 63.4 Å². The maximum absolute atomic E-state index is 12.2. The molecule has 1 unspecified atom stereocenters. The zero-order chi connectivity index (χ0) is 23.4. The van der Waals surface area contributed by atoms with Gasteiger partial charge in [-0.2, -0.15) is 0 Å². The summed E-state index contributed by atoms with van der Waals surface area (Å²) in [6.07, 6.45) is 3.79. The van der Waals surface area contributed by atoms with E-state index < -0.39 is 0 Å². The van der Waals surface area contributed by atoms with Crippen molar-refractivity contribution < 1.29 is 9.59 Å². The average molecular weight is 505 g/mol. The highest BCUT2D eigenvalue weighted by Gasteiger charge is 2.14. The zero-order valence-electron chi connectivity index (χ0n) is 19.1. The van der Waals surface area contributed by atoms with Gasteiger partial charge in [-0.3, -0.25) is 9.59 Å². The van der Waals surface area contributed by atoms with E-state index in [1.807, 2.05) is 81.6 Å². The third-order valence-corrected chi connectivity index (χ3v) is 5.79. The average Bonchev–Trinajstić information content (AvgIpc) is 2.76. The Hall–Kier alpha value is -1.85. The number of ketones is 1. The number of carbonyl (C=O) groups excluding carboxylic acids is 2. The van der Waals surface area contributed by atoms with Gasteiger partial charge in [0.05, 0.1) is 6.04 Å². The van der Waals surface area contributed by atoms with Crippen LogP contribution in [0.3, 0.4) is 0 Å². The van der Waals surface area contributed by atoms with Crippen molar-refractivity contribution in [3.05, 3.63) is 76.4 Å². The number of benzene rings is 2. The summed E-state index contributed by atoms with van der Waals surface area (Å²) in [5.74, 6) is 0.861. The first-order valence-corrected chi connectivity index (χ1v) is 11.9. The molecule has 0 saturated carbocycles. The van der Waals surface area contributed by atoms with Gasteiger partial charge in [-0.15, -0.1) is 12.6 Å². The van der Waals surface area contributed by atoms with Crippen molar-refractivity contribution in [1.29, 1.82) is 0 Å². The Balaban J connectivity index is 0.000000407. The molecule has 2 aromatic rings. The summed E-state index contributed by atoms with van der Waals surface area (Å²) in [6.45, 7) is 10.2. The fourth-order valence-electron chi connectivity index (χ4n) is 2.99. The van der Waals surface area contributed by atoms with Crippen LogP contribution in [-0.2, 0) is 4.79 Å². The Morgan fingerprint density at radius 1 is 1.00 bits per heavy atom. The fourth-order valence-corrected chi connectivity index (χ4v) is 3.54. The highest BCUT2D eigenvalue weighted by atomic mass is 79.9. The highest BCUT2D eigenvalue weighted by molar-refractivity contribution is 9.10. The highest BCUT2D eigenvalue weighted by Crippen LogP contribution is 2.18. The predicted molar refractivity (Wildman–Crippen MR) is 138 cm³/mol. The molecule has 168 valence electrons. The largest absolute Gasteiger partial charge is 0.381 e. The van der Waals surface area contributed by atoms with Crippen molar-refractivity contribution in [2.24, 2.45) is 11.8 Å². The number of hydrogen-bond acceptors (Lipinski definition) is 3. The first kappa shape index (κ1) is 27.2. The molecule has 1 N–H and O–H groups in total. The lowest BCUT2D eigenvalue weighted by atomic mass is 9.96. The Bertz CT molecular complexity index is 847. The molecule has 2 atom stereocenters. The fraction of sp³-hybridized carbons (Fsp3) is 0.385. The van der Waals surface area contributed by atoms with Gasteiger partial charge in [0.25, 0.3) is 0 Å². The van der Waals surface area contributed by atoms with E-state index in [9.17, 15) is 9.59 Å². The summed E-state index contributed by atoms with van der Waals surface area (Å²) in [5.41, 5.74) is 2.95. The van der Waals surface area contributed by atoms with E-state index in [1.54, 1.807) is 0 Å². The molecule has 0 aliphatic heterocycles. The van der Waals surface area contributed by atoms with Crippen LogP contribution in [0.4, 0.5) is 0 Å². The topological polar surface area (TPSA) is 46.2 Å². The van der Waals surface area contributed by atoms with E-state index in [4.69, 9.17) is 0 Å². The van der Waals surface area contributed by atoms with Gasteiger partial charge in [0, 0.05) is 22.2 Å². The quantitative estimate of drug-likeness (QED) is 0.281. The first-order valence-electron chi connectivity index (χ1n) is 10.7. The Kier molecular flexibility index (Phi) is 12.5. The molecule has 0 aliphatic rings. The molecular formula is C26H34BrNO2S. The lowest BCUT2D eigenvalue weighted by Crippen LogP contribution is -2.30. The molecular weight excluding hydrogens is 470 g/mol. The van der Waals surface area contributed by atoms with E-state index in [0.29, 0.717) is 5.92 Å². The van der Waals surface area contributed by atoms with E-state index >= 15 is 0 Å². The molecule has 0 fully saturated rings. The second kappa shape index (κ2) is 14.3. The second-order valence-corrected chi connectivity index (χ2v) is 9.38. The summed E-state index contributed by atoms with van der Waals surface area (Å²) in [7, 11) is 0. The number of nitrogens with one attached hydrogen (secondary N) is 1. The van der Waals surface area contributed by atoms with Gasteiger partial charge in [-0.25, -0.2) is 0 Å². The van der Waals surface area contributed by atoms with Crippen LogP contribution >= 0.6 is 28.6 Å². The van der Waals surface area contributed by atoms with E-state index in [-0.39, 0.29) is 22.9 Å². The van der Waals surface area contributed by atoms with Crippen molar-refractivity contribution in [1.82, 2.24) is 5.32 Å². The van der Waals surface area contributed by atoms with Crippen LogP contribution < -0.4 is 5.32 Å². The van der Waals surface area contributed by atoms with Crippen LogP contribution in [0.25, 0.3) is 5.57 Å². The van der Waals surface area contributed by atoms with Crippen LogP contribution in [-0.4, -0.2) is 16.9 Å². The number of allylic oxidation sites excluding steroid dienone is 1. The van der Waals surface area contributed by atoms with Crippen LogP contribution in [0.2, 0.25) is 0 Å². The second-order valence-electron chi connectivity index (χ2n) is 8.03. The number of hydrogen-bond donors (Lipinski definition) is 2. The Morgan fingerprint density at radius 2 is 1.58 bits per heavy atom. The van der Waals surface area contributed by atoms with Crippen molar-refractivity contribution in [3.63, 3.8) is 0 Å². The molecule has 5 heteroatoms. The van der Waals surface area contributed by atoms with Crippen LogP contribution in [0, 0.1) is 11.8 Å². The van der Waals surface area contributed by atoms with E-state index in [1.165, 1.54) is 0 Å². The van der Waals surface area contributed by atoms with Gasteiger partial charge in [0.1, 0.15) is 0 Å². The van der Waals surface area contributed by atoms with Crippen LogP contribution in [0.15, 0.2) is 65.3 Å². The van der Waals surface area contributed by atoms with E-state index in [2.05, 4.69) is 47.7 Å². The minimum Gasteiger partial charge on any atom is -0.381 e. The minimum atomic E-state index is -0.252. The van der Waals surface area contributed by atoms with Crippen molar-refractivity contribution in [2.75, 3.05) is 0 Å². The maximum Gasteiger partial charge on any atom is 0.188 e. The van der Waals surface area contributed by atoms with Gasteiger partial charge < -0.3 is 5.32 Å². The molecule has 0 amide bonds. The van der Waals surface area contributed by atoms with Crippen molar-refractivity contribution in [2.45, 2.75) is 53.5 Å². The van der Waals surface area contributed by atoms with Crippen molar-refractivity contribution in [3.8, 4) is 0 Å².